The van der Waals surface area contributed by atoms with E-state index in [2.05, 4.69) is 94.3 Å². The second kappa shape index (κ2) is 11.3. The molecule has 0 aliphatic carbocycles. The van der Waals surface area contributed by atoms with Gasteiger partial charge in [0.25, 0.3) is 0 Å². The Hall–Kier alpha value is -4.73. The highest BCUT2D eigenvalue weighted by atomic mass is 31.1. The monoisotopic (exact) mass is 525 g/mol. The summed E-state index contributed by atoms with van der Waals surface area (Å²) in [5, 5.41) is 1.25. The molecule has 6 rings (SSSR count). The third-order valence-corrected chi connectivity index (χ3v) is 8.86. The second-order valence-electron chi connectivity index (χ2n) is 9.01. The molecule has 5 nitrogen and oxygen atoms in total. The highest BCUT2D eigenvalue weighted by Gasteiger charge is 2.38. The maximum Gasteiger partial charge on any atom is 0.158 e. The molecule has 0 saturated carbocycles. The molecule has 1 unspecified atom stereocenters. The van der Waals surface area contributed by atoms with Crippen molar-refractivity contribution in [3.8, 4) is 0 Å². The number of rotatable bonds is 6. The SMILES string of the molecule is NC(=NC(=NCN1c2ccccc2N(c2ccccc2)P1c1ccccc1)c1ccccc1)c1ccccc1. The summed E-state index contributed by atoms with van der Waals surface area (Å²) in [7, 11) is -0.954. The van der Waals surface area contributed by atoms with E-state index in [4.69, 9.17) is 15.7 Å². The molecule has 0 spiro atoms. The number of para-hydroxylation sites is 3. The summed E-state index contributed by atoms with van der Waals surface area (Å²) in [5.74, 6) is 1.05. The summed E-state index contributed by atoms with van der Waals surface area (Å²) in [5.41, 5.74) is 11.7. The topological polar surface area (TPSA) is 57.2 Å². The fourth-order valence-corrected chi connectivity index (χ4v) is 7.09. The van der Waals surface area contributed by atoms with Crippen LogP contribution in [0.5, 0.6) is 0 Å². The predicted molar refractivity (Wildman–Crippen MR) is 166 cm³/mol. The summed E-state index contributed by atoms with van der Waals surface area (Å²) in [6.45, 7) is 0.427. The first-order valence-electron chi connectivity index (χ1n) is 12.9. The molecule has 5 aromatic carbocycles. The molecule has 190 valence electrons. The molecule has 0 fully saturated rings. The van der Waals surface area contributed by atoms with Gasteiger partial charge in [-0.05, 0) is 24.3 Å². The van der Waals surface area contributed by atoms with E-state index in [0.717, 1.165) is 22.5 Å². The number of aliphatic imine (C=N–C) groups is 2. The zero-order valence-corrected chi connectivity index (χ0v) is 22.3. The van der Waals surface area contributed by atoms with Crippen LogP contribution in [0.1, 0.15) is 11.1 Å². The minimum absolute atomic E-state index is 0.427. The van der Waals surface area contributed by atoms with Crippen molar-refractivity contribution in [3.63, 3.8) is 0 Å². The summed E-state index contributed by atoms with van der Waals surface area (Å²) >= 11 is 0. The Morgan fingerprint density at radius 3 is 1.74 bits per heavy atom. The third-order valence-electron chi connectivity index (χ3n) is 6.48. The molecule has 39 heavy (non-hydrogen) atoms. The zero-order valence-electron chi connectivity index (χ0n) is 21.4. The average molecular weight is 526 g/mol. The lowest BCUT2D eigenvalue weighted by atomic mass is 10.2. The van der Waals surface area contributed by atoms with Gasteiger partial charge in [-0.2, -0.15) is 0 Å². The third kappa shape index (κ3) is 5.18. The average Bonchev–Trinajstić information content (AvgIpc) is 3.35. The number of benzene rings is 5. The molecule has 0 saturated heterocycles. The van der Waals surface area contributed by atoms with Gasteiger partial charge in [-0.15, -0.1) is 0 Å². The second-order valence-corrected chi connectivity index (χ2v) is 11.0. The maximum absolute atomic E-state index is 6.46. The number of fused-ring (bicyclic) bond motifs is 1. The number of anilines is 3. The van der Waals surface area contributed by atoms with Crippen LogP contribution >= 0.6 is 8.22 Å². The van der Waals surface area contributed by atoms with Crippen LogP contribution in [0.4, 0.5) is 17.1 Å². The van der Waals surface area contributed by atoms with Gasteiger partial charge in [-0.3, -0.25) is 4.67 Å². The standard InChI is InChI=1S/C33H28N5P/c34-32(26-15-5-1-6-16-26)36-33(27-17-7-2-8-18-27)35-25-37-30-23-13-14-24-31(30)38(28-19-9-3-10-20-28)39(37)29-21-11-4-12-22-29/h1-24H,25H2,(H2,34,35,36). The number of hydrogen-bond acceptors (Lipinski definition) is 3. The van der Waals surface area contributed by atoms with Gasteiger partial charge in [0.15, 0.2) is 5.84 Å². The van der Waals surface area contributed by atoms with E-state index < -0.39 is 8.22 Å². The molecule has 5 aromatic rings. The Morgan fingerprint density at radius 1 is 0.590 bits per heavy atom. The number of nitrogens with two attached hydrogens (primary N) is 1. The molecule has 1 atom stereocenters. The Labute approximate surface area is 230 Å². The van der Waals surface area contributed by atoms with E-state index >= 15 is 0 Å². The summed E-state index contributed by atoms with van der Waals surface area (Å²) in [6, 6.07) is 49.7. The minimum atomic E-state index is -0.954. The smallest absolute Gasteiger partial charge is 0.158 e. The van der Waals surface area contributed by atoms with Crippen LogP contribution in [-0.2, 0) is 0 Å². The van der Waals surface area contributed by atoms with Crippen molar-refractivity contribution in [1.82, 2.24) is 0 Å². The lowest BCUT2D eigenvalue weighted by molar-refractivity contribution is 1.05. The van der Waals surface area contributed by atoms with Crippen molar-refractivity contribution in [2.75, 3.05) is 16.0 Å². The van der Waals surface area contributed by atoms with Crippen molar-refractivity contribution < 1.29 is 0 Å². The van der Waals surface area contributed by atoms with Crippen molar-refractivity contribution in [1.29, 1.82) is 0 Å². The van der Waals surface area contributed by atoms with Gasteiger partial charge in [-0.1, -0.05) is 121 Å². The Kier molecular flexibility index (Phi) is 7.15. The van der Waals surface area contributed by atoms with Crippen LogP contribution in [0.25, 0.3) is 0 Å². The van der Waals surface area contributed by atoms with Crippen LogP contribution in [0, 0.1) is 0 Å². The van der Waals surface area contributed by atoms with Gasteiger partial charge in [-0.25, -0.2) is 9.98 Å². The quantitative estimate of drug-likeness (QED) is 0.146. The molecular formula is C33H28N5P. The molecule has 1 aliphatic rings. The molecular weight excluding hydrogens is 497 g/mol. The van der Waals surface area contributed by atoms with Crippen molar-refractivity contribution >= 4 is 42.3 Å². The number of hydrogen-bond donors (Lipinski definition) is 1. The summed E-state index contributed by atoms with van der Waals surface area (Å²) in [6.07, 6.45) is 0. The Morgan fingerprint density at radius 2 is 1.10 bits per heavy atom. The van der Waals surface area contributed by atoms with Gasteiger partial charge >= 0.3 is 0 Å². The fraction of sp³-hybridized carbons (Fsp3) is 0.0303. The number of nitrogens with zero attached hydrogens (tertiary/aromatic N) is 4. The maximum atomic E-state index is 6.46. The Balaban J connectivity index is 1.45. The lowest BCUT2D eigenvalue weighted by Crippen LogP contribution is -2.26. The van der Waals surface area contributed by atoms with E-state index in [9.17, 15) is 0 Å². The highest BCUT2D eigenvalue weighted by molar-refractivity contribution is 7.69. The molecule has 6 heteroatoms. The van der Waals surface area contributed by atoms with Gasteiger partial charge < -0.3 is 10.4 Å². The van der Waals surface area contributed by atoms with Crippen LogP contribution < -0.4 is 20.4 Å². The van der Waals surface area contributed by atoms with Crippen LogP contribution in [0.3, 0.4) is 0 Å². The highest BCUT2D eigenvalue weighted by Crippen LogP contribution is 2.61. The Bertz CT molecular complexity index is 1590. The van der Waals surface area contributed by atoms with Gasteiger partial charge in [0.2, 0.25) is 0 Å². The van der Waals surface area contributed by atoms with Crippen LogP contribution in [0.2, 0.25) is 0 Å². The van der Waals surface area contributed by atoms with Gasteiger partial charge in [0, 0.05) is 22.1 Å². The van der Waals surface area contributed by atoms with E-state index in [-0.39, 0.29) is 0 Å². The summed E-state index contributed by atoms with van der Waals surface area (Å²) < 4.78 is 4.84. The van der Waals surface area contributed by atoms with E-state index in [1.165, 1.54) is 11.0 Å². The molecule has 2 N–H and O–H groups in total. The van der Waals surface area contributed by atoms with Crippen molar-refractivity contribution in [2.24, 2.45) is 15.7 Å². The molecule has 0 amide bonds. The molecule has 1 heterocycles. The van der Waals surface area contributed by atoms with Crippen LogP contribution in [-0.4, -0.2) is 18.3 Å². The summed E-state index contributed by atoms with van der Waals surface area (Å²) in [4.78, 5) is 9.93. The molecule has 1 aliphatic heterocycles. The molecule has 0 radical (unpaired) electrons. The van der Waals surface area contributed by atoms with E-state index in [1.807, 2.05) is 60.7 Å². The van der Waals surface area contributed by atoms with Gasteiger partial charge in [0.1, 0.15) is 20.7 Å². The first-order chi connectivity index (χ1) is 19.3. The largest absolute Gasteiger partial charge is 0.383 e. The van der Waals surface area contributed by atoms with Crippen LogP contribution in [0.15, 0.2) is 156 Å². The number of amidine groups is 2. The van der Waals surface area contributed by atoms with Crippen molar-refractivity contribution in [3.05, 3.63) is 157 Å². The van der Waals surface area contributed by atoms with E-state index in [0.29, 0.717) is 18.3 Å². The minimum Gasteiger partial charge on any atom is -0.383 e. The fourth-order valence-electron chi connectivity index (χ4n) is 4.64. The zero-order chi connectivity index (χ0) is 26.4. The molecule has 0 bridgehead atoms. The first-order valence-corrected chi connectivity index (χ1v) is 14.1. The van der Waals surface area contributed by atoms with Gasteiger partial charge in [0.05, 0.1) is 11.4 Å². The van der Waals surface area contributed by atoms with Crippen molar-refractivity contribution in [2.45, 2.75) is 0 Å². The lowest BCUT2D eigenvalue weighted by Gasteiger charge is -2.31. The van der Waals surface area contributed by atoms with E-state index in [1.54, 1.807) is 0 Å². The molecule has 0 aromatic heterocycles. The predicted octanol–water partition coefficient (Wildman–Crippen LogP) is 7.09. The normalized spacial score (nSPS) is 15.3. The first kappa shape index (κ1) is 24.6.